The fourth-order valence-corrected chi connectivity index (χ4v) is 2.71. The second-order valence-corrected chi connectivity index (χ2v) is 5.34. The van der Waals surface area contributed by atoms with Crippen LogP contribution in [-0.2, 0) is 6.42 Å². The lowest BCUT2D eigenvalue weighted by Gasteiger charge is -2.26. The van der Waals surface area contributed by atoms with E-state index < -0.39 is 11.7 Å². The van der Waals surface area contributed by atoms with Gasteiger partial charge in [-0.25, -0.2) is 4.98 Å². The molecule has 0 spiro atoms. The highest BCUT2D eigenvalue weighted by Gasteiger charge is 2.35. The average molecular weight is 305 g/mol. The molecular formula is C12H14F3N3OS. The standard InChI is InChI=1S/C12H14F3N3OS/c13-12(14,15)8-2-5-18(6-3-8)11(19)9-7-20-10(17-9)1-4-16/h2,7H,1,3-6,16H2. The van der Waals surface area contributed by atoms with Crippen molar-refractivity contribution in [1.29, 1.82) is 0 Å². The molecule has 1 aromatic heterocycles. The van der Waals surface area contributed by atoms with Crippen LogP contribution in [0.4, 0.5) is 13.2 Å². The number of alkyl halides is 3. The minimum Gasteiger partial charge on any atom is -0.333 e. The van der Waals surface area contributed by atoms with E-state index in [1.54, 1.807) is 5.38 Å². The molecule has 0 saturated carbocycles. The highest BCUT2D eigenvalue weighted by molar-refractivity contribution is 7.09. The smallest absolute Gasteiger partial charge is 0.333 e. The van der Waals surface area contributed by atoms with Gasteiger partial charge in [0.25, 0.3) is 5.91 Å². The van der Waals surface area contributed by atoms with Gasteiger partial charge in [-0.2, -0.15) is 13.2 Å². The highest BCUT2D eigenvalue weighted by atomic mass is 32.1. The Morgan fingerprint density at radius 1 is 1.50 bits per heavy atom. The van der Waals surface area contributed by atoms with Crippen LogP contribution in [0.1, 0.15) is 21.9 Å². The minimum absolute atomic E-state index is 0.0303. The summed E-state index contributed by atoms with van der Waals surface area (Å²) >= 11 is 1.34. The van der Waals surface area contributed by atoms with Crippen LogP contribution in [0.15, 0.2) is 17.0 Å². The molecule has 0 unspecified atom stereocenters. The van der Waals surface area contributed by atoms with Crippen molar-refractivity contribution >= 4 is 17.2 Å². The molecule has 1 aliphatic rings. The van der Waals surface area contributed by atoms with E-state index in [0.717, 1.165) is 11.1 Å². The van der Waals surface area contributed by atoms with Crippen LogP contribution < -0.4 is 5.73 Å². The Hall–Kier alpha value is -1.41. The molecule has 2 heterocycles. The summed E-state index contributed by atoms with van der Waals surface area (Å²) in [6, 6.07) is 0. The molecule has 4 nitrogen and oxygen atoms in total. The van der Waals surface area contributed by atoms with E-state index in [0.29, 0.717) is 13.0 Å². The molecular weight excluding hydrogens is 291 g/mol. The number of aromatic nitrogens is 1. The van der Waals surface area contributed by atoms with E-state index in [2.05, 4.69) is 4.98 Å². The lowest BCUT2D eigenvalue weighted by molar-refractivity contribution is -0.0957. The van der Waals surface area contributed by atoms with Crippen LogP contribution in [0, 0.1) is 0 Å². The molecule has 1 amide bonds. The highest BCUT2D eigenvalue weighted by Crippen LogP contribution is 2.30. The number of amides is 1. The Morgan fingerprint density at radius 3 is 2.80 bits per heavy atom. The van der Waals surface area contributed by atoms with E-state index in [1.165, 1.54) is 16.2 Å². The summed E-state index contributed by atoms with van der Waals surface area (Å²) in [5.41, 5.74) is 5.12. The number of thiazole rings is 1. The van der Waals surface area contributed by atoms with Crippen molar-refractivity contribution < 1.29 is 18.0 Å². The van der Waals surface area contributed by atoms with Gasteiger partial charge in [0.1, 0.15) is 5.69 Å². The van der Waals surface area contributed by atoms with Crippen LogP contribution >= 0.6 is 11.3 Å². The quantitative estimate of drug-likeness (QED) is 0.869. The first kappa shape index (κ1) is 15.0. The zero-order chi connectivity index (χ0) is 14.8. The summed E-state index contributed by atoms with van der Waals surface area (Å²) in [4.78, 5) is 17.6. The SMILES string of the molecule is NCCc1nc(C(=O)N2CC=C(C(F)(F)F)CC2)cs1. The summed E-state index contributed by atoms with van der Waals surface area (Å²) in [5.74, 6) is -0.331. The number of nitrogens with two attached hydrogens (primary N) is 1. The number of carbonyl (C=O) groups excluding carboxylic acids is 1. The number of hydrogen-bond acceptors (Lipinski definition) is 4. The van der Waals surface area contributed by atoms with Crippen molar-refractivity contribution in [3.05, 3.63) is 27.7 Å². The van der Waals surface area contributed by atoms with Crippen molar-refractivity contribution in [3.8, 4) is 0 Å². The van der Waals surface area contributed by atoms with Crippen molar-refractivity contribution in [2.45, 2.75) is 19.0 Å². The Morgan fingerprint density at radius 2 is 2.25 bits per heavy atom. The van der Waals surface area contributed by atoms with Gasteiger partial charge in [0, 0.05) is 30.5 Å². The Kier molecular flexibility index (Phi) is 4.44. The maximum Gasteiger partial charge on any atom is 0.412 e. The molecule has 0 radical (unpaired) electrons. The minimum atomic E-state index is -4.30. The average Bonchev–Trinajstić information content (AvgIpc) is 2.86. The lowest BCUT2D eigenvalue weighted by atomic mass is 10.1. The van der Waals surface area contributed by atoms with Gasteiger partial charge in [0.05, 0.1) is 5.01 Å². The van der Waals surface area contributed by atoms with Gasteiger partial charge in [0.2, 0.25) is 0 Å². The molecule has 0 atom stereocenters. The number of rotatable bonds is 3. The first-order chi connectivity index (χ1) is 9.41. The lowest BCUT2D eigenvalue weighted by Crippen LogP contribution is -2.37. The van der Waals surface area contributed by atoms with Gasteiger partial charge in [0.15, 0.2) is 0 Å². The molecule has 0 aromatic carbocycles. The Labute approximate surface area is 118 Å². The normalized spacial score (nSPS) is 16.2. The van der Waals surface area contributed by atoms with Crippen molar-refractivity contribution in [3.63, 3.8) is 0 Å². The predicted molar refractivity (Wildman–Crippen MR) is 69.5 cm³/mol. The largest absolute Gasteiger partial charge is 0.412 e. The first-order valence-electron chi connectivity index (χ1n) is 6.12. The van der Waals surface area contributed by atoms with Crippen LogP contribution in [0.2, 0.25) is 0 Å². The van der Waals surface area contributed by atoms with Gasteiger partial charge in [-0.05, 0) is 13.0 Å². The molecule has 0 saturated heterocycles. The third-order valence-corrected chi connectivity index (χ3v) is 3.90. The first-order valence-corrected chi connectivity index (χ1v) is 6.99. The number of halogens is 3. The van der Waals surface area contributed by atoms with E-state index >= 15 is 0 Å². The van der Waals surface area contributed by atoms with E-state index in [-0.39, 0.29) is 31.1 Å². The molecule has 8 heteroatoms. The summed E-state index contributed by atoms with van der Waals surface area (Å²) < 4.78 is 37.5. The van der Waals surface area contributed by atoms with E-state index in [4.69, 9.17) is 5.73 Å². The van der Waals surface area contributed by atoms with E-state index in [9.17, 15) is 18.0 Å². The second kappa shape index (κ2) is 5.92. The number of hydrogen-bond donors (Lipinski definition) is 1. The van der Waals surface area contributed by atoms with E-state index in [1.807, 2.05) is 0 Å². The summed E-state index contributed by atoms with van der Waals surface area (Å²) in [6.07, 6.45) is -2.82. The van der Waals surface area contributed by atoms with Crippen LogP contribution in [0.25, 0.3) is 0 Å². The molecule has 1 aromatic rings. The number of nitrogens with zero attached hydrogens (tertiary/aromatic N) is 2. The molecule has 0 fully saturated rings. The monoisotopic (exact) mass is 305 g/mol. The molecule has 0 bridgehead atoms. The van der Waals surface area contributed by atoms with Crippen LogP contribution in [-0.4, -0.2) is 41.6 Å². The van der Waals surface area contributed by atoms with Crippen molar-refractivity contribution in [1.82, 2.24) is 9.88 Å². The van der Waals surface area contributed by atoms with Crippen molar-refractivity contribution in [2.24, 2.45) is 5.73 Å². The molecule has 2 rings (SSSR count). The zero-order valence-corrected chi connectivity index (χ0v) is 11.4. The summed E-state index contributed by atoms with van der Waals surface area (Å²) in [7, 11) is 0. The summed E-state index contributed by atoms with van der Waals surface area (Å²) in [6.45, 7) is 0.480. The maximum atomic E-state index is 12.5. The van der Waals surface area contributed by atoms with Gasteiger partial charge in [-0.1, -0.05) is 6.08 Å². The molecule has 110 valence electrons. The van der Waals surface area contributed by atoms with Gasteiger partial charge in [-0.3, -0.25) is 4.79 Å². The molecule has 1 aliphatic heterocycles. The van der Waals surface area contributed by atoms with Gasteiger partial charge < -0.3 is 10.6 Å². The van der Waals surface area contributed by atoms with Crippen LogP contribution in [0.3, 0.4) is 0 Å². The fraction of sp³-hybridized carbons (Fsp3) is 0.500. The van der Waals surface area contributed by atoms with Gasteiger partial charge >= 0.3 is 6.18 Å². The Balaban J connectivity index is 2.02. The third-order valence-electron chi connectivity index (χ3n) is 2.99. The fourth-order valence-electron chi connectivity index (χ4n) is 1.92. The third kappa shape index (κ3) is 3.37. The molecule has 20 heavy (non-hydrogen) atoms. The molecule has 2 N–H and O–H groups in total. The predicted octanol–water partition coefficient (Wildman–Crippen LogP) is 1.98. The number of carbonyl (C=O) groups is 1. The zero-order valence-electron chi connectivity index (χ0n) is 10.6. The van der Waals surface area contributed by atoms with Gasteiger partial charge in [-0.15, -0.1) is 11.3 Å². The summed E-state index contributed by atoms with van der Waals surface area (Å²) in [5, 5.41) is 2.38. The van der Waals surface area contributed by atoms with Crippen molar-refractivity contribution in [2.75, 3.05) is 19.6 Å². The topological polar surface area (TPSA) is 59.2 Å². The maximum absolute atomic E-state index is 12.5. The Bertz CT molecular complexity index is 524. The molecule has 0 aliphatic carbocycles. The second-order valence-electron chi connectivity index (χ2n) is 4.39. The van der Waals surface area contributed by atoms with Crippen LogP contribution in [0.5, 0.6) is 0 Å².